The quantitative estimate of drug-likeness (QED) is 0.704. The third-order valence-electron chi connectivity index (χ3n) is 4.13. The topological polar surface area (TPSA) is 15.3 Å². The SMILES string of the molecule is CCNCC(C)c1ccc(CN(C)C(CC)CSC)cc1. The highest BCUT2D eigenvalue weighted by Crippen LogP contribution is 2.17. The Labute approximate surface area is 135 Å². The highest BCUT2D eigenvalue weighted by molar-refractivity contribution is 7.98. The van der Waals surface area contributed by atoms with E-state index >= 15 is 0 Å². The van der Waals surface area contributed by atoms with E-state index in [2.05, 4.69) is 68.6 Å². The predicted molar refractivity (Wildman–Crippen MR) is 97.3 cm³/mol. The zero-order valence-electron chi connectivity index (χ0n) is 14.4. The van der Waals surface area contributed by atoms with E-state index in [1.165, 1.54) is 23.3 Å². The van der Waals surface area contributed by atoms with Gasteiger partial charge < -0.3 is 5.32 Å². The van der Waals surface area contributed by atoms with Gasteiger partial charge in [-0.2, -0.15) is 11.8 Å². The summed E-state index contributed by atoms with van der Waals surface area (Å²) >= 11 is 1.94. The fourth-order valence-corrected chi connectivity index (χ4v) is 3.47. The van der Waals surface area contributed by atoms with E-state index in [0.29, 0.717) is 12.0 Å². The Morgan fingerprint density at radius 2 is 1.86 bits per heavy atom. The van der Waals surface area contributed by atoms with Crippen molar-refractivity contribution in [3.63, 3.8) is 0 Å². The standard InChI is InChI=1S/C18H32N2S/c1-6-18(14-21-5)20(4)13-16-8-10-17(11-9-16)15(3)12-19-7-2/h8-11,15,18-19H,6-7,12-14H2,1-5H3. The van der Waals surface area contributed by atoms with Gasteiger partial charge in [0.25, 0.3) is 0 Å². The molecule has 0 spiro atoms. The third-order valence-corrected chi connectivity index (χ3v) is 4.85. The van der Waals surface area contributed by atoms with Gasteiger partial charge in [-0.25, -0.2) is 0 Å². The summed E-state index contributed by atoms with van der Waals surface area (Å²) in [5.74, 6) is 1.79. The smallest absolute Gasteiger partial charge is 0.0233 e. The molecule has 0 bridgehead atoms. The maximum absolute atomic E-state index is 3.42. The molecule has 1 N–H and O–H groups in total. The average molecular weight is 309 g/mol. The molecule has 1 aromatic rings. The Morgan fingerprint density at radius 1 is 1.19 bits per heavy atom. The fraction of sp³-hybridized carbons (Fsp3) is 0.667. The number of thioether (sulfide) groups is 1. The van der Waals surface area contributed by atoms with Crippen molar-refractivity contribution in [2.24, 2.45) is 0 Å². The van der Waals surface area contributed by atoms with Gasteiger partial charge in [0, 0.05) is 24.9 Å². The molecule has 0 saturated carbocycles. The first-order valence-corrected chi connectivity index (χ1v) is 9.50. The Bertz CT molecular complexity index is 377. The van der Waals surface area contributed by atoms with Crippen molar-refractivity contribution in [1.82, 2.24) is 10.2 Å². The molecule has 2 nitrogen and oxygen atoms in total. The van der Waals surface area contributed by atoms with Crippen molar-refractivity contribution in [3.05, 3.63) is 35.4 Å². The summed E-state index contributed by atoms with van der Waals surface area (Å²) in [6.07, 6.45) is 3.41. The molecule has 1 rings (SSSR count). The van der Waals surface area contributed by atoms with Crippen LogP contribution in [0.2, 0.25) is 0 Å². The summed E-state index contributed by atoms with van der Waals surface area (Å²) in [5, 5.41) is 3.42. The van der Waals surface area contributed by atoms with Gasteiger partial charge in [0.15, 0.2) is 0 Å². The van der Waals surface area contributed by atoms with Crippen LogP contribution in [-0.4, -0.2) is 43.1 Å². The molecule has 0 aliphatic carbocycles. The molecule has 3 heteroatoms. The van der Waals surface area contributed by atoms with Crippen LogP contribution in [0.1, 0.15) is 44.2 Å². The van der Waals surface area contributed by atoms with Crippen LogP contribution in [-0.2, 0) is 6.54 Å². The van der Waals surface area contributed by atoms with E-state index in [0.717, 1.165) is 19.6 Å². The lowest BCUT2D eigenvalue weighted by atomic mass is 9.99. The van der Waals surface area contributed by atoms with E-state index in [1.54, 1.807) is 0 Å². The molecule has 0 aromatic heterocycles. The monoisotopic (exact) mass is 308 g/mol. The molecule has 120 valence electrons. The van der Waals surface area contributed by atoms with Crippen LogP contribution in [0.4, 0.5) is 0 Å². The molecule has 0 radical (unpaired) electrons. The zero-order valence-corrected chi connectivity index (χ0v) is 15.2. The van der Waals surface area contributed by atoms with Crippen LogP contribution >= 0.6 is 11.8 Å². The Morgan fingerprint density at radius 3 is 2.38 bits per heavy atom. The molecule has 0 amide bonds. The van der Waals surface area contributed by atoms with Crippen molar-refractivity contribution in [1.29, 1.82) is 0 Å². The second-order valence-corrected chi connectivity index (χ2v) is 6.79. The summed E-state index contributed by atoms with van der Waals surface area (Å²) in [4.78, 5) is 2.48. The van der Waals surface area contributed by atoms with Crippen molar-refractivity contribution in [2.45, 2.75) is 45.7 Å². The number of hydrogen-bond donors (Lipinski definition) is 1. The maximum atomic E-state index is 3.42. The molecule has 2 unspecified atom stereocenters. The van der Waals surface area contributed by atoms with Crippen molar-refractivity contribution in [2.75, 3.05) is 32.1 Å². The number of nitrogens with one attached hydrogen (secondary N) is 1. The van der Waals surface area contributed by atoms with E-state index in [-0.39, 0.29) is 0 Å². The van der Waals surface area contributed by atoms with Crippen LogP contribution < -0.4 is 5.32 Å². The largest absolute Gasteiger partial charge is 0.316 e. The van der Waals surface area contributed by atoms with Crippen LogP contribution in [0, 0.1) is 0 Å². The van der Waals surface area contributed by atoms with Crippen LogP contribution in [0.15, 0.2) is 24.3 Å². The van der Waals surface area contributed by atoms with E-state index < -0.39 is 0 Å². The molecule has 0 heterocycles. The van der Waals surface area contributed by atoms with E-state index in [1.807, 2.05) is 11.8 Å². The lowest BCUT2D eigenvalue weighted by Gasteiger charge is -2.26. The minimum absolute atomic E-state index is 0.580. The van der Waals surface area contributed by atoms with Crippen LogP contribution in [0.25, 0.3) is 0 Å². The van der Waals surface area contributed by atoms with Gasteiger partial charge in [-0.3, -0.25) is 4.90 Å². The molecule has 21 heavy (non-hydrogen) atoms. The number of nitrogens with zero attached hydrogens (tertiary/aromatic N) is 1. The van der Waals surface area contributed by atoms with Crippen molar-refractivity contribution < 1.29 is 0 Å². The van der Waals surface area contributed by atoms with Crippen molar-refractivity contribution in [3.8, 4) is 0 Å². The second-order valence-electron chi connectivity index (χ2n) is 5.88. The van der Waals surface area contributed by atoms with Gasteiger partial charge in [-0.1, -0.05) is 45.0 Å². The van der Waals surface area contributed by atoms with Gasteiger partial charge >= 0.3 is 0 Å². The highest BCUT2D eigenvalue weighted by atomic mass is 32.2. The van der Waals surface area contributed by atoms with Gasteiger partial charge in [0.2, 0.25) is 0 Å². The lowest BCUT2D eigenvalue weighted by Crippen LogP contribution is -2.32. The maximum Gasteiger partial charge on any atom is 0.0233 e. The molecule has 0 aliphatic rings. The van der Waals surface area contributed by atoms with Crippen LogP contribution in [0.5, 0.6) is 0 Å². The molecule has 1 aromatic carbocycles. The van der Waals surface area contributed by atoms with Gasteiger partial charge in [0.05, 0.1) is 0 Å². The van der Waals surface area contributed by atoms with E-state index in [9.17, 15) is 0 Å². The first-order valence-electron chi connectivity index (χ1n) is 8.11. The second kappa shape index (κ2) is 10.3. The van der Waals surface area contributed by atoms with Gasteiger partial charge in [-0.05, 0) is 43.3 Å². The summed E-state index contributed by atoms with van der Waals surface area (Å²) in [7, 11) is 2.24. The first kappa shape index (κ1) is 18.5. The van der Waals surface area contributed by atoms with Gasteiger partial charge in [0.1, 0.15) is 0 Å². The molecule has 0 saturated heterocycles. The number of benzene rings is 1. The Kier molecular flexibility index (Phi) is 9.05. The Balaban J connectivity index is 2.57. The normalized spacial score (nSPS) is 14.4. The van der Waals surface area contributed by atoms with Crippen LogP contribution in [0.3, 0.4) is 0 Å². The average Bonchev–Trinajstić information content (AvgIpc) is 2.50. The predicted octanol–water partition coefficient (Wildman–Crippen LogP) is 3.97. The third kappa shape index (κ3) is 6.41. The molecular formula is C18H32N2S. The first-order chi connectivity index (χ1) is 10.1. The number of rotatable bonds is 10. The molecule has 2 atom stereocenters. The highest BCUT2D eigenvalue weighted by Gasteiger charge is 2.12. The zero-order chi connectivity index (χ0) is 15.7. The summed E-state index contributed by atoms with van der Waals surface area (Å²) in [6, 6.07) is 9.84. The summed E-state index contributed by atoms with van der Waals surface area (Å²) in [5.41, 5.74) is 2.84. The Hall–Kier alpha value is -0.510. The van der Waals surface area contributed by atoms with Crippen molar-refractivity contribution >= 4 is 11.8 Å². The number of hydrogen-bond acceptors (Lipinski definition) is 3. The minimum atomic E-state index is 0.580. The molecular weight excluding hydrogens is 276 g/mol. The molecule has 0 aliphatic heterocycles. The minimum Gasteiger partial charge on any atom is -0.316 e. The lowest BCUT2D eigenvalue weighted by molar-refractivity contribution is 0.248. The summed E-state index contributed by atoms with van der Waals surface area (Å²) < 4.78 is 0. The number of likely N-dealkylation sites (N-methyl/N-ethyl adjacent to an activating group) is 1. The summed E-state index contributed by atoms with van der Waals surface area (Å²) in [6.45, 7) is 9.87. The van der Waals surface area contributed by atoms with Gasteiger partial charge in [-0.15, -0.1) is 0 Å². The fourth-order valence-electron chi connectivity index (χ4n) is 2.60. The molecule has 0 fully saturated rings. The van der Waals surface area contributed by atoms with E-state index in [4.69, 9.17) is 0 Å².